The fourth-order valence-electron chi connectivity index (χ4n) is 2.80. The minimum atomic E-state index is -3.98. The van der Waals surface area contributed by atoms with Gasteiger partial charge in [-0.2, -0.15) is 9.29 Å². The highest BCUT2D eigenvalue weighted by molar-refractivity contribution is 7.89. The molecule has 0 fully saturated rings. The number of hydrogen-bond donors (Lipinski definition) is 0. The Labute approximate surface area is 175 Å². The normalized spacial score (nSPS) is 12.3. The van der Waals surface area contributed by atoms with Crippen LogP contribution in [-0.2, 0) is 16.6 Å². The van der Waals surface area contributed by atoms with E-state index in [0.29, 0.717) is 10.8 Å². The summed E-state index contributed by atoms with van der Waals surface area (Å²) in [5.41, 5.74) is 0.0113. The van der Waals surface area contributed by atoms with E-state index in [0.717, 1.165) is 5.56 Å². The summed E-state index contributed by atoms with van der Waals surface area (Å²) < 4.78 is 38.8. The zero-order valence-corrected chi connectivity index (χ0v) is 18.2. The van der Waals surface area contributed by atoms with Crippen molar-refractivity contribution in [2.24, 2.45) is 0 Å². The standard InChI is InChI=1S/C20H22ClN3O4S/c1-20(2,3)24(29(25,26)17-12-15(21)10-11-16(17)27-4)13-18-22-19(23-28-18)14-8-6-5-7-9-14/h5-12H,13H2,1-4H3. The van der Waals surface area contributed by atoms with Gasteiger partial charge in [-0.05, 0) is 39.0 Å². The van der Waals surface area contributed by atoms with E-state index in [9.17, 15) is 8.42 Å². The van der Waals surface area contributed by atoms with Crippen LogP contribution in [-0.4, -0.2) is 35.5 Å². The smallest absolute Gasteiger partial charge is 0.247 e. The molecule has 0 amide bonds. The quantitative estimate of drug-likeness (QED) is 0.570. The zero-order chi connectivity index (χ0) is 21.2. The molecule has 0 N–H and O–H groups in total. The van der Waals surface area contributed by atoms with Gasteiger partial charge in [-0.15, -0.1) is 0 Å². The lowest BCUT2D eigenvalue weighted by atomic mass is 10.1. The van der Waals surface area contributed by atoms with Gasteiger partial charge in [0.2, 0.25) is 21.7 Å². The van der Waals surface area contributed by atoms with E-state index in [1.165, 1.54) is 23.5 Å². The van der Waals surface area contributed by atoms with Crippen molar-refractivity contribution in [1.29, 1.82) is 0 Å². The molecule has 0 spiro atoms. The molecule has 0 radical (unpaired) electrons. The van der Waals surface area contributed by atoms with Crippen LogP contribution in [0.2, 0.25) is 5.02 Å². The molecule has 0 aliphatic carbocycles. The van der Waals surface area contributed by atoms with Crippen molar-refractivity contribution in [3.05, 3.63) is 59.4 Å². The van der Waals surface area contributed by atoms with Crippen molar-refractivity contribution >= 4 is 21.6 Å². The first-order chi connectivity index (χ1) is 13.6. The molecule has 154 valence electrons. The third kappa shape index (κ3) is 4.60. The summed E-state index contributed by atoms with van der Waals surface area (Å²) in [6, 6.07) is 13.8. The van der Waals surface area contributed by atoms with Gasteiger partial charge in [-0.25, -0.2) is 8.42 Å². The molecule has 0 aliphatic rings. The number of methoxy groups -OCH3 is 1. The van der Waals surface area contributed by atoms with Gasteiger partial charge >= 0.3 is 0 Å². The van der Waals surface area contributed by atoms with Crippen LogP contribution in [0.4, 0.5) is 0 Å². The molecule has 0 aliphatic heterocycles. The second-order valence-electron chi connectivity index (χ2n) is 7.36. The SMILES string of the molecule is COc1ccc(Cl)cc1S(=O)(=O)N(Cc1nc(-c2ccccc2)no1)C(C)(C)C. The number of rotatable bonds is 6. The number of halogens is 1. The van der Waals surface area contributed by atoms with Gasteiger partial charge in [0.05, 0.1) is 13.7 Å². The number of nitrogens with zero attached hydrogens (tertiary/aromatic N) is 3. The molecule has 3 rings (SSSR count). The lowest BCUT2D eigenvalue weighted by molar-refractivity contribution is 0.214. The Morgan fingerprint density at radius 2 is 1.83 bits per heavy atom. The lowest BCUT2D eigenvalue weighted by Gasteiger charge is -2.33. The van der Waals surface area contributed by atoms with Crippen LogP contribution >= 0.6 is 11.6 Å². The Morgan fingerprint density at radius 1 is 1.14 bits per heavy atom. The number of hydrogen-bond acceptors (Lipinski definition) is 6. The third-order valence-electron chi connectivity index (χ3n) is 4.22. The third-order valence-corrected chi connectivity index (χ3v) is 6.59. The van der Waals surface area contributed by atoms with Crippen LogP contribution in [0.15, 0.2) is 57.9 Å². The fraction of sp³-hybridized carbons (Fsp3) is 0.300. The summed E-state index contributed by atoms with van der Waals surface area (Å²) >= 11 is 6.05. The van der Waals surface area contributed by atoms with Gasteiger partial charge in [-0.3, -0.25) is 0 Å². The van der Waals surface area contributed by atoms with E-state index in [4.69, 9.17) is 20.9 Å². The van der Waals surface area contributed by atoms with Gasteiger partial charge in [0.25, 0.3) is 0 Å². The largest absolute Gasteiger partial charge is 0.495 e. The maximum atomic E-state index is 13.5. The van der Waals surface area contributed by atoms with Crippen LogP contribution < -0.4 is 4.74 Å². The first kappa shape index (κ1) is 21.3. The van der Waals surface area contributed by atoms with Gasteiger partial charge in [-0.1, -0.05) is 47.1 Å². The number of benzene rings is 2. The average molecular weight is 436 g/mol. The van der Waals surface area contributed by atoms with Crippen molar-refractivity contribution in [3.63, 3.8) is 0 Å². The molecular formula is C20H22ClN3O4S. The molecule has 2 aromatic carbocycles. The van der Waals surface area contributed by atoms with Crippen LogP contribution in [0.5, 0.6) is 5.75 Å². The maximum Gasteiger partial charge on any atom is 0.247 e. The fourth-order valence-corrected chi connectivity index (χ4v) is 4.96. The highest BCUT2D eigenvalue weighted by atomic mass is 35.5. The van der Waals surface area contributed by atoms with E-state index >= 15 is 0 Å². The van der Waals surface area contributed by atoms with Crippen molar-refractivity contribution in [1.82, 2.24) is 14.4 Å². The van der Waals surface area contributed by atoms with Crippen molar-refractivity contribution in [2.75, 3.05) is 7.11 Å². The molecule has 0 saturated carbocycles. The van der Waals surface area contributed by atoms with Gasteiger partial charge < -0.3 is 9.26 Å². The molecular weight excluding hydrogens is 414 g/mol. The van der Waals surface area contributed by atoms with E-state index in [1.807, 2.05) is 30.3 Å². The predicted octanol–water partition coefficient (Wildman–Crippen LogP) is 4.39. The minimum absolute atomic E-state index is 0.0229. The molecule has 0 bridgehead atoms. The van der Waals surface area contributed by atoms with E-state index in [-0.39, 0.29) is 23.1 Å². The summed E-state index contributed by atoms with van der Waals surface area (Å²) in [6.45, 7) is 5.27. The van der Waals surface area contributed by atoms with Crippen molar-refractivity contribution in [2.45, 2.75) is 37.8 Å². The lowest BCUT2D eigenvalue weighted by Crippen LogP contribution is -2.45. The summed E-state index contributed by atoms with van der Waals surface area (Å²) in [6.07, 6.45) is 0. The topological polar surface area (TPSA) is 85.5 Å². The molecule has 0 unspecified atom stereocenters. The number of ether oxygens (including phenoxy) is 1. The monoisotopic (exact) mass is 435 g/mol. The number of sulfonamides is 1. The van der Waals surface area contributed by atoms with Crippen molar-refractivity contribution in [3.8, 4) is 17.1 Å². The van der Waals surface area contributed by atoms with Gasteiger partial charge in [0.15, 0.2) is 0 Å². The Kier molecular flexibility index (Phi) is 5.97. The Balaban J connectivity index is 2.00. The highest BCUT2D eigenvalue weighted by Crippen LogP contribution is 2.34. The Bertz CT molecular complexity index is 1090. The summed E-state index contributed by atoms with van der Waals surface area (Å²) in [5, 5.41) is 4.26. The molecule has 3 aromatic rings. The van der Waals surface area contributed by atoms with Gasteiger partial charge in [0.1, 0.15) is 10.6 Å². The van der Waals surface area contributed by atoms with Crippen LogP contribution in [0.1, 0.15) is 26.7 Å². The highest BCUT2D eigenvalue weighted by Gasteiger charge is 2.37. The second-order valence-corrected chi connectivity index (χ2v) is 9.62. The summed E-state index contributed by atoms with van der Waals surface area (Å²) in [5.74, 6) is 0.787. The molecule has 29 heavy (non-hydrogen) atoms. The average Bonchev–Trinajstić information content (AvgIpc) is 3.14. The zero-order valence-electron chi connectivity index (χ0n) is 16.6. The van der Waals surface area contributed by atoms with Crippen LogP contribution in [0.25, 0.3) is 11.4 Å². The van der Waals surface area contributed by atoms with E-state index < -0.39 is 15.6 Å². The minimum Gasteiger partial charge on any atom is -0.495 e. The van der Waals surface area contributed by atoms with Crippen LogP contribution in [0, 0.1) is 0 Å². The molecule has 0 atom stereocenters. The van der Waals surface area contributed by atoms with Crippen molar-refractivity contribution < 1.29 is 17.7 Å². The Morgan fingerprint density at radius 3 is 2.45 bits per heavy atom. The van der Waals surface area contributed by atoms with E-state index in [2.05, 4.69) is 10.1 Å². The van der Waals surface area contributed by atoms with Crippen LogP contribution in [0.3, 0.4) is 0 Å². The summed E-state index contributed by atoms with van der Waals surface area (Å²) in [7, 11) is -2.57. The molecule has 9 heteroatoms. The molecule has 1 heterocycles. The predicted molar refractivity (Wildman–Crippen MR) is 110 cm³/mol. The number of aromatic nitrogens is 2. The molecule has 1 aromatic heterocycles. The van der Waals surface area contributed by atoms with Gasteiger partial charge in [0, 0.05) is 16.1 Å². The van der Waals surface area contributed by atoms with E-state index in [1.54, 1.807) is 26.8 Å². The first-order valence-electron chi connectivity index (χ1n) is 8.87. The maximum absolute atomic E-state index is 13.5. The Hall–Kier alpha value is -2.42. The molecule has 0 saturated heterocycles. The summed E-state index contributed by atoms with van der Waals surface area (Å²) in [4.78, 5) is 4.34. The molecule has 7 nitrogen and oxygen atoms in total. The second kappa shape index (κ2) is 8.14. The first-order valence-corrected chi connectivity index (χ1v) is 10.7.